The molecule has 0 spiro atoms. The molecule has 1 saturated heterocycles. The number of aromatic nitrogens is 2. The lowest BCUT2D eigenvalue weighted by atomic mass is 10.2. The Bertz CT molecular complexity index is 813. The van der Waals surface area contributed by atoms with Crippen molar-refractivity contribution >= 4 is 23.0 Å². The lowest BCUT2D eigenvalue weighted by Crippen LogP contribution is -2.43. The highest BCUT2D eigenvalue weighted by atomic mass is 16.4. The van der Waals surface area contributed by atoms with Crippen molar-refractivity contribution in [1.82, 2.24) is 15.3 Å². The smallest absolute Gasteiger partial charge is 0.299 e. The van der Waals surface area contributed by atoms with Crippen molar-refractivity contribution in [3.63, 3.8) is 0 Å². The van der Waals surface area contributed by atoms with E-state index in [2.05, 4.69) is 15.3 Å². The van der Waals surface area contributed by atoms with Crippen LogP contribution < -0.4 is 10.2 Å². The first-order valence-corrected chi connectivity index (χ1v) is 8.10. The Morgan fingerprint density at radius 1 is 1.29 bits per heavy atom. The molecule has 3 aromatic rings. The number of pyridine rings is 1. The first-order valence-electron chi connectivity index (χ1n) is 8.10. The van der Waals surface area contributed by atoms with E-state index in [9.17, 15) is 4.79 Å². The second kappa shape index (κ2) is 6.31. The molecule has 1 aliphatic rings. The summed E-state index contributed by atoms with van der Waals surface area (Å²) >= 11 is 0. The third kappa shape index (κ3) is 2.82. The second-order valence-corrected chi connectivity index (χ2v) is 5.89. The molecule has 6 nitrogen and oxygen atoms in total. The zero-order valence-corrected chi connectivity index (χ0v) is 13.2. The highest BCUT2D eigenvalue weighted by molar-refractivity contribution is 5.85. The van der Waals surface area contributed by atoms with Crippen LogP contribution in [0.2, 0.25) is 0 Å². The summed E-state index contributed by atoms with van der Waals surface area (Å²) in [6.45, 7) is 1.25. The van der Waals surface area contributed by atoms with Gasteiger partial charge in [-0.3, -0.25) is 9.78 Å². The van der Waals surface area contributed by atoms with Gasteiger partial charge in [0.25, 0.3) is 6.01 Å². The Kier molecular flexibility index (Phi) is 3.86. The fraction of sp³-hybridized carbons (Fsp3) is 0.278. The van der Waals surface area contributed by atoms with Gasteiger partial charge in [0.2, 0.25) is 5.91 Å². The van der Waals surface area contributed by atoms with E-state index >= 15 is 0 Å². The maximum atomic E-state index is 12.6. The number of benzene rings is 1. The average Bonchev–Trinajstić information content (AvgIpc) is 3.26. The summed E-state index contributed by atoms with van der Waals surface area (Å²) in [7, 11) is 0. The molecular formula is C18H18N4O2. The van der Waals surface area contributed by atoms with Gasteiger partial charge < -0.3 is 14.6 Å². The number of para-hydroxylation sites is 2. The molecular weight excluding hydrogens is 304 g/mol. The molecule has 1 aromatic carbocycles. The molecule has 0 unspecified atom stereocenters. The first kappa shape index (κ1) is 14.7. The van der Waals surface area contributed by atoms with Gasteiger partial charge >= 0.3 is 0 Å². The maximum Gasteiger partial charge on any atom is 0.299 e. The minimum absolute atomic E-state index is 0.00129. The zero-order chi connectivity index (χ0) is 16.4. The van der Waals surface area contributed by atoms with Crippen LogP contribution in [-0.4, -0.2) is 28.5 Å². The quantitative estimate of drug-likeness (QED) is 0.799. The van der Waals surface area contributed by atoms with Crippen LogP contribution in [0.5, 0.6) is 0 Å². The molecule has 1 aliphatic heterocycles. The molecule has 1 amide bonds. The number of nitrogens with one attached hydrogen (secondary N) is 1. The molecule has 24 heavy (non-hydrogen) atoms. The van der Waals surface area contributed by atoms with Crippen molar-refractivity contribution in [1.29, 1.82) is 0 Å². The van der Waals surface area contributed by atoms with Crippen LogP contribution in [0.4, 0.5) is 6.01 Å². The zero-order valence-electron chi connectivity index (χ0n) is 13.2. The number of anilines is 1. The molecule has 0 radical (unpaired) electrons. The summed E-state index contributed by atoms with van der Waals surface area (Å²) in [5.41, 5.74) is 2.54. The van der Waals surface area contributed by atoms with Crippen LogP contribution in [0.1, 0.15) is 18.4 Å². The van der Waals surface area contributed by atoms with E-state index in [1.54, 1.807) is 12.4 Å². The number of oxazole rings is 1. The fourth-order valence-corrected chi connectivity index (χ4v) is 3.06. The van der Waals surface area contributed by atoms with E-state index in [-0.39, 0.29) is 11.9 Å². The first-order chi connectivity index (χ1) is 11.8. The number of hydrogen-bond acceptors (Lipinski definition) is 5. The van der Waals surface area contributed by atoms with Crippen molar-refractivity contribution in [3.8, 4) is 0 Å². The monoisotopic (exact) mass is 322 g/mol. The van der Waals surface area contributed by atoms with Gasteiger partial charge in [-0.2, -0.15) is 4.98 Å². The van der Waals surface area contributed by atoms with Crippen LogP contribution in [0.3, 0.4) is 0 Å². The lowest BCUT2D eigenvalue weighted by molar-refractivity contribution is -0.122. The van der Waals surface area contributed by atoms with E-state index < -0.39 is 0 Å². The second-order valence-electron chi connectivity index (χ2n) is 5.89. The van der Waals surface area contributed by atoms with Gasteiger partial charge in [0.15, 0.2) is 5.58 Å². The number of carbonyl (C=O) groups excluding carboxylic acids is 1. The molecule has 0 bridgehead atoms. The van der Waals surface area contributed by atoms with Crippen LogP contribution in [0.25, 0.3) is 11.1 Å². The van der Waals surface area contributed by atoms with E-state index in [4.69, 9.17) is 4.42 Å². The topological polar surface area (TPSA) is 71.3 Å². The normalized spacial score (nSPS) is 17.3. The molecule has 0 saturated carbocycles. The van der Waals surface area contributed by atoms with Crippen LogP contribution in [0, 0.1) is 0 Å². The van der Waals surface area contributed by atoms with Crippen LogP contribution >= 0.6 is 0 Å². The molecule has 3 heterocycles. The van der Waals surface area contributed by atoms with E-state index in [0.717, 1.165) is 36.0 Å². The Hall–Kier alpha value is -2.89. The third-order valence-electron chi connectivity index (χ3n) is 4.27. The number of carbonyl (C=O) groups is 1. The summed E-state index contributed by atoms with van der Waals surface area (Å²) < 4.78 is 5.82. The third-order valence-corrected chi connectivity index (χ3v) is 4.27. The lowest BCUT2D eigenvalue weighted by Gasteiger charge is -2.21. The Labute approximate surface area is 139 Å². The van der Waals surface area contributed by atoms with Gasteiger partial charge in [-0.05, 0) is 36.6 Å². The van der Waals surface area contributed by atoms with E-state index in [0.29, 0.717) is 12.6 Å². The predicted octanol–water partition coefficient (Wildman–Crippen LogP) is 2.51. The molecule has 0 aliphatic carbocycles. The Balaban J connectivity index is 1.48. The van der Waals surface area contributed by atoms with E-state index in [1.807, 2.05) is 41.3 Å². The largest absolute Gasteiger partial charge is 0.423 e. The summed E-state index contributed by atoms with van der Waals surface area (Å²) in [4.78, 5) is 23.1. The SMILES string of the molecule is O=C(NCc1cccnc1)[C@@H]1CCCN1c1nc2ccccc2o1. The van der Waals surface area contributed by atoms with Crippen molar-refractivity contribution in [2.45, 2.75) is 25.4 Å². The highest BCUT2D eigenvalue weighted by Gasteiger charge is 2.33. The van der Waals surface area contributed by atoms with Crippen molar-refractivity contribution in [2.24, 2.45) is 0 Å². The van der Waals surface area contributed by atoms with Crippen molar-refractivity contribution < 1.29 is 9.21 Å². The van der Waals surface area contributed by atoms with Crippen molar-refractivity contribution in [3.05, 3.63) is 54.4 Å². The summed E-state index contributed by atoms with van der Waals surface area (Å²) in [5.74, 6) is -0.00129. The minimum Gasteiger partial charge on any atom is -0.423 e. The van der Waals surface area contributed by atoms with Gasteiger partial charge in [0.05, 0.1) is 0 Å². The number of fused-ring (bicyclic) bond motifs is 1. The number of rotatable bonds is 4. The van der Waals surface area contributed by atoms with Gasteiger partial charge in [-0.15, -0.1) is 0 Å². The van der Waals surface area contributed by atoms with Crippen LogP contribution in [-0.2, 0) is 11.3 Å². The van der Waals surface area contributed by atoms with E-state index in [1.165, 1.54) is 0 Å². The molecule has 2 aromatic heterocycles. The summed E-state index contributed by atoms with van der Waals surface area (Å²) in [6, 6.07) is 11.7. The summed E-state index contributed by atoms with van der Waals surface area (Å²) in [5, 5.41) is 2.98. The molecule has 6 heteroatoms. The minimum atomic E-state index is -0.241. The highest BCUT2D eigenvalue weighted by Crippen LogP contribution is 2.28. The Morgan fingerprint density at radius 3 is 3.04 bits per heavy atom. The molecule has 4 rings (SSSR count). The average molecular weight is 322 g/mol. The molecule has 1 atom stereocenters. The van der Waals surface area contributed by atoms with Gasteiger partial charge in [-0.1, -0.05) is 18.2 Å². The number of amides is 1. The number of hydrogen-bond donors (Lipinski definition) is 1. The molecule has 122 valence electrons. The fourth-order valence-electron chi connectivity index (χ4n) is 3.06. The van der Waals surface area contributed by atoms with Crippen LogP contribution in [0.15, 0.2) is 53.2 Å². The maximum absolute atomic E-state index is 12.6. The number of nitrogens with zero attached hydrogens (tertiary/aromatic N) is 3. The van der Waals surface area contributed by atoms with Gasteiger partial charge in [0.1, 0.15) is 11.6 Å². The molecule has 1 N–H and O–H groups in total. The van der Waals surface area contributed by atoms with Gasteiger partial charge in [0, 0.05) is 25.5 Å². The Morgan fingerprint density at radius 2 is 2.21 bits per heavy atom. The van der Waals surface area contributed by atoms with Gasteiger partial charge in [-0.25, -0.2) is 0 Å². The van der Waals surface area contributed by atoms with Crippen molar-refractivity contribution in [2.75, 3.05) is 11.4 Å². The standard InChI is InChI=1S/C18H18N4O2/c23-17(20-12-13-5-3-9-19-11-13)15-7-4-10-22(15)18-21-14-6-1-2-8-16(14)24-18/h1-3,5-6,8-9,11,15H,4,7,10,12H2,(H,20,23)/t15-/m0/s1. The molecule has 1 fully saturated rings. The summed E-state index contributed by atoms with van der Waals surface area (Å²) in [6.07, 6.45) is 5.23. The predicted molar refractivity (Wildman–Crippen MR) is 90.5 cm³/mol.